The average molecular weight is 375 g/mol. The highest BCUT2D eigenvalue weighted by atomic mass is 19.4. The molecule has 7 heteroatoms. The molecule has 1 saturated heterocycles. The van der Waals surface area contributed by atoms with Crippen LogP contribution in [0.3, 0.4) is 0 Å². The van der Waals surface area contributed by atoms with Crippen molar-refractivity contribution >= 4 is 16.9 Å². The molecular formula is C20H16F3NO3. The zero-order valence-electron chi connectivity index (χ0n) is 14.2. The lowest BCUT2D eigenvalue weighted by Gasteiger charge is -2.32. The first-order chi connectivity index (χ1) is 12.9. The van der Waals surface area contributed by atoms with E-state index in [1.165, 1.54) is 6.07 Å². The molecule has 0 aliphatic carbocycles. The SMILES string of the molecule is O=C(c1cc2ccccc2o1)N1CCOC(c2cccc(C(F)(F)F)c2)C1. The third kappa shape index (κ3) is 3.55. The highest BCUT2D eigenvalue weighted by Gasteiger charge is 2.33. The molecule has 0 bridgehead atoms. The lowest BCUT2D eigenvalue weighted by Crippen LogP contribution is -2.42. The second-order valence-corrected chi connectivity index (χ2v) is 6.38. The number of nitrogens with zero attached hydrogens (tertiary/aromatic N) is 1. The summed E-state index contributed by atoms with van der Waals surface area (Å²) in [6.45, 7) is 0.759. The predicted molar refractivity (Wildman–Crippen MR) is 92.3 cm³/mol. The molecule has 1 aliphatic rings. The minimum absolute atomic E-state index is 0.164. The van der Waals surface area contributed by atoms with E-state index in [0.717, 1.165) is 17.5 Å². The first-order valence-electron chi connectivity index (χ1n) is 8.48. The molecular weight excluding hydrogens is 359 g/mol. The number of fused-ring (bicyclic) bond motifs is 1. The van der Waals surface area contributed by atoms with E-state index in [0.29, 0.717) is 17.7 Å². The van der Waals surface area contributed by atoms with E-state index in [1.54, 1.807) is 23.1 Å². The van der Waals surface area contributed by atoms with Crippen molar-refractivity contribution in [1.82, 2.24) is 4.90 Å². The fourth-order valence-corrected chi connectivity index (χ4v) is 3.19. The monoisotopic (exact) mass is 375 g/mol. The molecule has 140 valence electrons. The van der Waals surface area contributed by atoms with E-state index in [1.807, 2.05) is 18.2 Å². The van der Waals surface area contributed by atoms with Crippen molar-refractivity contribution in [3.63, 3.8) is 0 Å². The van der Waals surface area contributed by atoms with Gasteiger partial charge in [-0.15, -0.1) is 0 Å². The Morgan fingerprint density at radius 2 is 1.89 bits per heavy atom. The molecule has 1 fully saturated rings. The molecule has 1 aliphatic heterocycles. The van der Waals surface area contributed by atoms with E-state index < -0.39 is 17.8 Å². The number of para-hydroxylation sites is 1. The van der Waals surface area contributed by atoms with Crippen LogP contribution in [0.15, 0.2) is 59.0 Å². The average Bonchev–Trinajstić information content (AvgIpc) is 3.11. The highest BCUT2D eigenvalue weighted by molar-refractivity contribution is 5.96. The normalized spacial score (nSPS) is 18.0. The van der Waals surface area contributed by atoms with Gasteiger partial charge in [-0.1, -0.05) is 30.3 Å². The predicted octanol–water partition coefficient (Wildman–Crippen LogP) is 4.67. The summed E-state index contributed by atoms with van der Waals surface area (Å²) in [6, 6.07) is 14.0. The summed E-state index contributed by atoms with van der Waals surface area (Å²) in [6.07, 6.45) is -5.04. The zero-order valence-corrected chi connectivity index (χ0v) is 14.2. The number of alkyl halides is 3. The summed E-state index contributed by atoms with van der Waals surface area (Å²) < 4.78 is 50.1. The molecule has 0 spiro atoms. The summed E-state index contributed by atoms with van der Waals surface area (Å²) in [5.41, 5.74) is 0.278. The van der Waals surface area contributed by atoms with Crippen molar-refractivity contribution in [3.05, 3.63) is 71.5 Å². The zero-order chi connectivity index (χ0) is 19.0. The van der Waals surface area contributed by atoms with Crippen LogP contribution < -0.4 is 0 Å². The number of benzene rings is 2. The Hall–Kier alpha value is -2.80. The summed E-state index contributed by atoms with van der Waals surface area (Å²) in [5.74, 6) is -0.0904. The first kappa shape index (κ1) is 17.6. The molecule has 1 aromatic heterocycles. The molecule has 3 aromatic rings. The van der Waals surface area contributed by atoms with Crippen LogP contribution in [0, 0.1) is 0 Å². The lowest BCUT2D eigenvalue weighted by molar-refractivity contribution is -0.137. The number of amides is 1. The number of morpholine rings is 1. The minimum atomic E-state index is -4.42. The molecule has 1 atom stereocenters. The van der Waals surface area contributed by atoms with Gasteiger partial charge in [-0.25, -0.2) is 0 Å². The van der Waals surface area contributed by atoms with Crippen LogP contribution in [0.1, 0.15) is 27.8 Å². The molecule has 4 rings (SSSR count). The number of carbonyl (C=O) groups is 1. The molecule has 0 N–H and O–H groups in total. The fourth-order valence-electron chi connectivity index (χ4n) is 3.19. The molecule has 27 heavy (non-hydrogen) atoms. The van der Waals surface area contributed by atoms with E-state index in [9.17, 15) is 18.0 Å². The van der Waals surface area contributed by atoms with E-state index in [-0.39, 0.29) is 24.8 Å². The van der Waals surface area contributed by atoms with Crippen molar-refractivity contribution in [1.29, 1.82) is 0 Å². The highest BCUT2D eigenvalue weighted by Crippen LogP contribution is 2.32. The lowest BCUT2D eigenvalue weighted by atomic mass is 10.0. The summed E-state index contributed by atoms with van der Waals surface area (Å²) >= 11 is 0. The van der Waals surface area contributed by atoms with Gasteiger partial charge >= 0.3 is 6.18 Å². The van der Waals surface area contributed by atoms with Crippen LogP contribution in [-0.2, 0) is 10.9 Å². The van der Waals surface area contributed by atoms with Gasteiger partial charge in [-0.05, 0) is 29.8 Å². The van der Waals surface area contributed by atoms with E-state index in [2.05, 4.69) is 0 Å². The number of halogens is 3. The number of carbonyl (C=O) groups excluding carboxylic acids is 1. The quantitative estimate of drug-likeness (QED) is 0.654. The van der Waals surface area contributed by atoms with Crippen molar-refractivity contribution in [2.24, 2.45) is 0 Å². The fraction of sp³-hybridized carbons (Fsp3) is 0.250. The Morgan fingerprint density at radius 3 is 2.67 bits per heavy atom. The van der Waals surface area contributed by atoms with Gasteiger partial charge in [-0.2, -0.15) is 13.2 Å². The van der Waals surface area contributed by atoms with Crippen LogP contribution in [0.2, 0.25) is 0 Å². The summed E-state index contributed by atoms with van der Waals surface area (Å²) in [5, 5.41) is 0.823. The van der Waals surface area contributed by atoms with Gasteiger partial charge in [-0.3, -0.25) is 4.79 Å². The van der Waals surface area contributed by atoms with Crippen LogP contribution in [-0.4, -0.2) is 30.5 Å². The molecule has 2 heterocycles. The van der Waals surface area contributed by atoms with Crippen molar-refractivity contribution in [2.75, 3.05) is 19.7 Å². The number of hydrogen-bond donors (Lipinski definition) is 0. The second-order valence-electron chi connectivity index (χ2n) is 6.38. The molecule has 4 nitrogen and oxygen atoms in total. The number of ether oxygens (including phenoxy) is 1. The van der Waals surface area contributed by atoms with Gasteiger partial charge < -0.3 is 14.1 Å². The Labute approximate surface area is 153 Å². The maximum absolute atomic E-state index is 12.9. The molecule has 0 saturated carbocycles. The van der Waals surface area contributed by atoms with Crippen molar-refractivity contribution < 1.29 is 27.1 Å². The molecule has 2 aromatic carbocycles. The van der Waals surface area contributed by atoms with Crippen molar-refractivity contribution in [3.8, 4) is 0 Å². The Balaban J connectivity index is 1.55. The van der Waals surface area contributed by atoms with Crippen LogP contribution in [0.5, 0.6) is 0 Å². The van der Waals surface area contributed by atoms with Crippen LogP contribution >= 0.6 is 0 Å². The number of hydrogen-bond acceptors (Lipinski definition) is 3. The smallest absolute Gasteiger partial charge is 0.416 e. The molecule has 1 amide bonds. The van der Waals surface area contributed by atoms with Crippen molar-refractivity contribution in [2.45, 2.75) is 12.3 Å². The Bertz CT molecular complexity index is 947. The Morgan fingerprint density at radius 1 is 1.07 bits per heavy atom. The third-order valence-electron chi connectivity index (χ3n) is 4.58. The number of rotatable bonds is 2. The standard InChI is InChI=1S/C20H16F3NO3/c21-20(22,23)15-6-3-5-13(10-15)18-12-24(8-9-26-18)19(25)17-11-14-4-1-2-7-16(14)27-17/h1-7,10-11,18H,8-9,12H2. The van der Waals surface area contributed by atoms with Gasteiger partial charge in [0.15, 0.2) is 5.76 Å². The summed E-state index contributed by atoms with van der Waals surface area (Å²) in [4.78, 5) is 14.3. The van der Waals surface area contributed by atoms with Gasteiger partial charge in [0.05, 0.1) is 18.7 Å². The van der Waals surface area contributed by atoms with Gasteiger partial charge in [0.1, 0.15) is 11.7 Å². The topological polar surface area (TPSA) is 42.7 Å². The van der Waals surface area contributed by atoms with Crippen LogP contribution in [0.4, 0.5) is 13.2 Å². The largest absolute Gasteiger partial charge is 0.451 e. The minimum Gasteiger partial charge on any atom is -0.451 e. The van der Waals surface area contributed by atoms with Crippen LogP contribution in [0.25, 0.3) is 11.0 Å². The molecule has 1 unspecified atom stereocenters. The van der Waals surface area contributed by atoms with Gasteiger partial charge in [0, 0.05) is 11.9 Å². The maximum atomic E-state index is 12.9. The van der Waals surface area contributed by atoms with E-state index >= 15 is 0 Å². The Kier molecular flexibility index (Phi) is 4.39. The van der Waals surface area contributed by atoms with Gasteiger partial charge in [0.25, 0.3) is 5.91 Å². The summed E-state index contributed by atoms with van der Waals surface area (Å²) in [7, 11) is 0. The first-order valence-corrected chi connectivity index (χ1v) is 8.48. The molecule has 0 radical (unpaired) electrons. The maximum Gasteiger partial charge on any atom is 0.416 e. The van der Waals surface area contributed by atoms with E-state index in [4.69, 9.17) is 9.15 Å². The second kappa shape index (κ2) is 6.74. The third-order valence-corrected chi connectivity index (χ3v) is 4.58. The number of furan rings is 1. The van der Waals surface area contributed by atoms with Gasteiger partial charge in [0.2, 0.25) is 0 Å².